The number of halogens is 2. The predicted octanol–water partition coefficient (Wildman–Crippen LogP) is 9.72. The Morgan fingerprint density at radius 2 is 1.17 bits per heavy atom. The predicted molar refractivity (Wildman–Crippen MR) is 273 cm³/mol. The van der Waals surface area contributed by atoms with Gasteiger partial charge in [0.2, 0.25) is 5.91 Å². The van der Waals surface area contributed by atoms with Crippen LogP contribution in [0.25, 0.3) is 33.1 Å². The van der Waals surface area contributed by atoms with Crippen LogP contribution in [0.15, 0.2) is 89.4 Å². The molecule has 6 aromatic heterocycles. The van der Waals surface area contributed by atoms with E-state index in [1.807, 2.05) is 64.8 Å². The van der Waals surface area contributed by atoms with Crippen molar-refractivity contribution < 1.29 is 33.2 Å². The maximum Gasteiger partial charge on any atom is 0.277 e. The number of imidazole rings is 3. The van der Waals surface area contributed by atoms with E-state index in [1.165, 1.54) is 16.7 Å². The van der Waals surface area contributed by atoms with Gasteiger partial charge in [0, 0.05) is 24.4 Å². The van der Waals surface area contributed by atoms with Gasteiger partial charge >= 0.3 is 0 Å². The molecule has 9 atom stereocenters. The number of nitrogens with one attached hydrogen (secondary N) is 2. The number of aromatic amines is 1. The molecule has 18 nitrogen and oxygen atoms in total. The quantitative estimate of drug-likeness (QED) is 0.108. The minimum Gasteiger partial charge on any atom is -0.342 e. The van der Waals surface area contributed by atoms with E-state index >= 15 is 0 Å². The first kappa shape index (κ1) is 50.2. The van der Waals surface area contributed by atoms with Crippen molar-refractivity contribution in [2.24, 2.45) is 5.92 Å². The van der Waals surface area contributed by atoms with Crippen molar-refractivity contribution in [3.8, 4) is 0 Å². The Hall–Kier alpha value is -5.31. The van der Waals surface area contributed by atoms with Crippen molar-refractivity contribution in [3.05, 3.63) is 105 Å². The minimum atomic E-state index is -0.660. The molecule has 0 aromatic carbocycles. The first-order valence-electron chi connectivity index (χ1n) is 24.7. The highest BCUT2D eigenvalue weighted by molar-refractivity contribution is 6.34. The number of H-pyrrole nitrogens is 1. The molecule has 12 rings (SSSR count). The van der Waals surface area contributed by atoms with Crippen LogP contribution in [0, 0.1) is 5.92 Å². The van der Waals surface area contributed by atoms with E-state index in [1.54, 1.807) is 44.8 Å². The lowest BCUT2D eigenvalue weighted by Crippen LogP contribution is -2.28. The van der Waals surface area contributed by atoms with Gasteiger partial charge in [-0.3, -0.25) is 14.6 Å². The van der Waals surface area contributed by atoms with Gasteiger partial charge in [0.05, 0.1) is 64.9 Å². The lowest BCUT2D eigenvalue weighted by atomic mass is 10.1. The smallest absolute Gasteiger partial charge is 0.277 e. The van der Waals surface area contributed by atoms with Crippen LogP contribution in [0.1, 0.15) is 114 Å². The molecule has 3 aliphatic carbocycles. The molecule has 3 unspecified atom stereocenters. The van der Waals surface area contributed by atoms with E-state index in [0.29, 0.717) is 27.0 Å². The third-order valence-electron chi connectivity index (χ3n) is 14.1. The molecule has 3 fully saturated rings. The Morgan fingerprint density at radius 3 is 1.68 bits per heavy atom. The molecule has 6 aromatic rings. The van der Waals surface area contributed by atoms with Crippen molar-refractivity contribution >= 4 is 68.0 Å². The number of carbonyl (C=O) groups excluding carboxylic acids is 1. The number of amides is 1. The van der Waals surface area contributed by atoms with Crippen LogP contribution in [0.3, 0.4) is 0 Å². The van der Waals surface area contributed by atoms with Crippen molar-refractivity contribution in [1.82, 2.24) is 43.6 Å². The third-order valence-corrected chi connectivity index (χ3v) is 14.6. The number of carbonyl (C=O) groups is 1. The van der Waals surface area contributed by atoms with Gasteiger partial charge in [-0.15, -0.1) is 0 Å². The lowest BCUT2D eigenvalue weighted by Gasteiger charge is -2.22. The van der Waals surface area contributed by atoms with E-state index < -0.39 is 17.4 Å². The lowest BCUT2D eigenvalue weighted by molar-refractivity contribution is -0.148. The standard InChI is InChI=1S/C20H26N4O4.2C16H18ClN3O2/c1-6-11-7-13(17-16(11)27-20(4,5)28-17)24-9-21-15-12(24)8-14(23-19(15)26)22-18(25)10(2)3;1-4-9-5-12(15-14(9)21-16(2,3)22-15)20-8-19-11-7-18-6-10(17)13(11)20;1-4-9-7-11(14-13(9)21-16(2,3)22-14)20-8-19-12-10(20)5-6-18-15(12)17/h7-10,13,16-17H,6H2,1-5H3,(H2,22,23,25,26);5-8,12,14-15H,4H2,1-3H3;5-8,11,13-14H,4H2,1-3H3/t13-,16+,17?;12-,14+,15?;11-,13+,14?/m111/s1. The molecule has 3 saturated heterocycles. The highest BCUT2D eigenvalue weighted by Gasteiger charge is 2.53. The largest absolute Gasteiger partial charge is 0.342 e. The van der Waals surface area contributed by atoms with Crippen LogP contribution in [-0.2, 0) is 33.2 Å². The number of nitrogens with zero attached hydrogens (tertiary/aromatic N) is 8. The Kier molecular flexibility index (Phi) is 13.2. The zero-order valence-corrected chi connectivity index (χ0v) is 43.9. The summed E-state index contributed by atoms with van der Waals surface area (Å²) in [7, 11) is 0. The summed E-state index contributed by atoms with van der Waals surface area (Å²) in [6, 6.07) is 3.64. The fourth-order valence-electron chi connectivity index (χ4n) is 10.8. The zero-order chi connectivity index (χ0) is 51.2. The number of fused-ring (bicyclic) bond motifs is 6. The van der Waals surface area contributed by atoms with Crippen LogP contribution >= 0.6 is 23.2 Å². The van der Waals surface area contributed by atoms with Gasteiger partial charge in [0.1, 0.15) is 53.5 Å². The number of hydrogen-bond acceptors (Lipinski definition) is 13. The highest BCUT2D eigenvalue weighted by atomic mass is 35.5. The summed E-state index contributed by atoms with van der Waals surface area (Å²) in [5, 5.41) is 3.78. The van der Waals surface area contributed by atoms with Gasteiger partial charge in [0.25, 0.3) is 5.56 Å². The van der Waals surface area contributed by atoms with E-state index in [0.717, 1.165) is 41.3 Å². The molecular weight excluding hydrogens is 964 g/mol. The molecule has 0 radical (unpaired) electrons. The van der Waals surface area contributed by atoms with E-state index in [2.05, 4.69) is 83.4 Å². The summed E-state index contributed by atoms with van der Waals surface area (Å²) >= 11 is 12.5. The SMILES string of the molecule is CCC1=C[C@@H](n2cnc3c(=O)[nH]c(NC(=O)C(C)C)cc32)C2OC(C)(C)O[C@@H]12.CCC1=C[C@@H](n2cnc3c(Cl)nccc32)C2OC(C)(C)O[C@@H]12.CCC1=C[C@@H](n2cnc3cncc(Cl)c32)C2OC(C)(C)O[C@@H]12. The molecule has 0 saturated carbocycles. The second-order valence-electron chi connectivity index (χ2n) is 20.6. The first-order chi connectivity index (χ1) is 34.2. The van der Waals surface area contributed by atoms with Crippen molar-refractivity contribution in [2.45, 2.75) is 168 Å². The van der Waals surface area contributed by atoms with Crippen molar-refractivity contribution in [1.29, 1.82) is 0 Å². The number of rotatable bonds is 8. The maximum absolute atomic E-state index is 12.5. The normalized spacial score (nSPS) is 28.3. The van der Waals surface area contributed by atoms with Gasteiger partial charge in [-0.05, 0) is 83.6 Å². The Balaban J connectivity index is 0.000000126. The van der Waals surface area contributed by atoms with Gasteiger partial charge in [0.15, 0.2) is 28.0 Å². The van der Waals surface area contributed by atoms with E-state index in [4.69, 9.17) is 51.6 Å². The first-order valence-corrected chi connectivity index (χ1v) is 25.5. The van der Waals surface area contributed by atoms with Crippen LogP contribution in [0.2, 0.25) is 10.2 Å². The fraction of sp³-hybridized carbons (Fsp3) is 0.519. The minimum absolute atomic E-state index is 0.00284. The van der Waals surface area contributed by atoms with Gasteiger partial charge < -0.3 is 52.4 Å². The number of aromatic nitrogens is 9. The Labute approximate surface area is 427 Å². The molecular formula is C52H62Cl2N10O8. The van der Waals surface area contributed by atoms with Crippen molar-refractivity contribution in [2.75, 3.05) is 5.32 Å². The third kappa shape index (κ3) is 9.11. The summed E-state index contributed by atoms with van der Waals surface area (Å²) in [4.78, 5) is 48.5. The molecule has 2 N–H and O–H groups in total. The number of anilines is 1. The molecule has 72 heavy (non-hydrogen) atoms. The molecule has 1 amide bonds. The summed E-state index contributed by atoms with van der Waals surface area (Å²) in [5.74, 6) is -1.78. The van der Waals surface area contributed by atoms with Crippen molar-refractivity contribution in [3.63, 3.8) is 0 Å². The average Bonchev–Trinajstić information content (AvgIpc) is 4.20. The fourth-order valence-corrected chi connectivity index (χ4v) is 11.3. The Morgan fingerprint density at radius 1 is 0.681 bits per heavy atom. The molecule has 0 bridgehead atoms. The zero-order valence-electron chi connectivity index (χ0n) is 42.3. The van der Waals surface area contributed by atoms with E-state index in [9.17, 15) is 9.59 Å². The van der Waals surface area contributed by atoms with E-state index in [-0.39, 0.29) is 72.1 Å². The van der Waals surface area contributed by atoms with Crippen LogP contribution in [-0.4, -0.2) is 103 Å². The van der Waals surface area contributed by atoms with Crippen LogP contribution in [0.5, 0.6) is 0 Å². The molecule has 6 aliphatic rings. The second kappa shape index (κ2) is 18.9. The van der Waals surface area contributed by atoms with Gasteiger partial charge in [-0.2, -0.15) is 0 Å². The second-order valence-corrected chi connectivity index (χ2v) is 21.4. The number of ether oxygens (including phenoxy) is 6. The number of pyridine rings is 3. The summed E-state index contributed by atoms with van der Waals surface area (Å²) in [5.41, 5.74) is 7.74. The monoisotopic (exact) mass is 1020 g/mol. The molecule has 382 valence electrons. The molecule has 0 spiro atoms. The van der Waals surface area contributed by atoms with Gasteiger partial charge in [-0.25, -0.2) is 19.9 Å². The topological polar surface area (TPSA) is 197 Å². The molecule has 3 aliphatic heterocycles. The molecule has 20 heteroatoms. The average molecular weight is 1030 g/mol. The maximum atomic E-state index is 12.5. The molecule has 9 heterocycles. The summed E-state index contributed by atoms with van der Waals surface area (Å²) in [6.07, 6.45) is 19.3. The Bertz CT molecular complexity index is 3220. The summed E-state index contributed by atoms with van der Waals surface area (Å²) in [6.45, 7) is 21.6. The highest BCUT2D eigenvalue weighted by Crippen LogP contribution is 2.48. The van der Waals surface area contributed by atoms with Crippen LogP contribution in [0.4, 0.5) is 5.82 Å². The van der Waals surface area contributed by atoms with Gasteiger partial charge in [-0.1, -0.05) is 76.0 Å². The van der Waals surface area contributed by atoms with Crippen LogP contribution < -0.4 is 10.9 Å². The summed E-state index contributed by atoms with van der Waals surface area (Å²) < 4.78 is 42.8. The number of hydrogen-bond donors (Lipinski definition) is 2.